The Morgan fingerprint density at radius 1 is 1.21 bits per heavy atom. The van der Waals surface area contributed by atoms with E-state index in [-0.39, 0.29) is 24.9 Å². The average Bonchev–Trinajstić information content (AvgIpc) is 2.81. The van der Waals surface area contributed by atoms with Gasteiger partial charge in [0.2, 0.25) is 0 Å². The van der Waals surface area contributed by atoms with Crippen LogP contribution in [0.25, 0.3) is 11.2 Å². The smallest absolute Gasteiger partial charge is 0.165 e. The Balaban J connectivity index is 2.03. The molecule has 2 heterocycles. The van der Waals surface area contributed by atoms with Crippen molar-refractivity contribution in [1.82, 2.24) is 19.5 Å². The summed E-state index contributed by atoms with van der Waals surface area (Å²) in [6, 6.07) is -0.582. The molecule has 0 amide bonds. The Hall–Kier alpha value is -1.80. The van der Waals surface area contributed by atoms with Gasteiger partial charge >= 0.3 is 0 Å². The number of rotatable bonds is 3. The number of imidazole rings is 1. The fourth-order valence-electron chi connectivity index (χ4n) is 2.76. The number of fused-ring (bicyclic) bond motifs is 1. The van der Waals surface area contributed by atoms with Gasteiger partial charge in [0.1, 0.15) is 18.0 Å². The molecule has 0 aliphatic heterocycles. The zero-order valence-electron chi connectivity index (χ0n) is 10.0. The maximum Gasteiger partial charge on any atom is 0.165 e. The first-order chi connectivity index (χ1) is 9.19. The van der Waals surface area contributed by atoms with Crippen molar-refractivity contribution in [1.29, 1.82) is 0 Å². The highest BCUT2D eigenvalue weighted by molar-refractivity contribution is 5.81. The monoisotopic (exact) mass is 267 g/mol. The average molecular weight is 267 g/mol. The minimum atomic E-state index is -1.24. The molecule has 7 nitrogen and oxygen atoms in total. The van der Waals surface area contributed by atoms with Crippen molar-refractivity contribution in [2.24, 2.45) is 11.8 Å². The van der Waals surface area contributed by atoms with Crippen LogP contribution in [0.3, 0.4) is 0 Å². The van der Waals surface area contributed by atoms with E-state index in [1.54, 1.807) is 4.57 Å². The summed E-state index contributed by atoms with van der Waals surface area (Å²) in [4.78, 5) is 12.0. The van der Waals surface area contributed by atoms with E-state index >= 15 is 0 Å². The maximum atomic E-state index is 14.1. The molecule has 102 valence electrons. The van der Waals surface area contributed by atoms with Crippen LogP contribution in [0.5, 0.6) is 0 Å². The van der Waals surface area contributed by atoms with Crippen LogP contribution in [0.4, 0.5) is 10.2 Å². The Labute approximate surface area is 107 Å². The quantitative estimate of drug-likeness (QED) is 0.692. The second-order valence-corrected chi connectivity index (χ2v) is 4.71. The molecular weight excluding hydrogens is 253 g/mol. The summed E-state index contributed by atoms with van der Waals surface area (Å²) in [6.45, 7) is -0.483. The summed E-state index contributed by atoms with van der Waals surface area (Å²) in [6.07, 6.45) is 1.50. The van der Waals surface area contributed by atoms with Gasteiger partial charge in [-0.2, -0.15) is 0 Å². The molecular formula is C11H14FN5O2. The third kappa shape index (κ3) is 1.60. The van der Waals surface area contributed by atoms with Crippen molar-refractivity contribution in [2.75, 3.05) is 18.9 Å². The molecule has 1 fully saturated rings. The Kier molecular flexibility index (Phi) is 2.83. The second-order valence-electron chi connectivity index (χ2n) is 4.71. The molecule has 0 spiro atoms. The molecule has 0 aromatic carbocycles. The SMILES string of the molecule is Nc1ncnc2c1ncn2[C@@H]1[C@@H](F)[C@H](CO)[C@@H]1CO. The summed E-state index contributed by atoms with van der Waals surface area (Å²) in [5.41, 5.74) is 6.53. The lowest BCUT2D eigenvalue weighted by molar-refractivity contribution is -0.0845. The van der Waals surface area contributed by atoms with Crippen LogP contribution in [-0.2, 0) is 0 Å². The minimum Gasteiger partial charge on any atom is -0.396 e. The number of aromatic nitrogens is 4. The van der Waals surface area contributed by atoms with Crippen molar-refractivity contribution < 1.29 is 14.6 Å². The first-order valence-corrected chi connectivity index (χ1v) is 5.97. The van der Waals surface area contributed by atoms with Gasteiger partial charge in [-0.25, -0.2) is 19.3 Å². The second kappa shape index (κ2) is 4.39. The Morgan fingerprint density at radius 3 is 2.63 bits per heavy atom. The zero-order valence-corrected chi connectivity index (χ0v) is 10.0. The largest absolute Gasteiger partial charge is 0.396 e. The molecule has 4 N–H and O–H groups in total. The third-order valence-corrected chi connectivity index (χ3v) is 3.85. The van der Waals surface area contributed by atoms with E-state index in [1.165, 1.54) is 12.7 Å². The minimum absolute atomic E-state index is 0.198. The molecule has 0 bridgehead atoms. The molecule has 1 aliphatic carbocycles. The molecule has 19 heavy (non-hydrogen) atoms. The van der Waals surface area contributed by atoms with Crippen molar-refractivity contribution in [3.8, 4) is 0 Å². The Bertz CT molecular complexity index is 604. The highest BCUT2D eigenvalue weighted by Crippen LogP contribution is 2.46. The lowest BCUT2D eigenvalue weighted by Crippen LogP contribution is -2.52. The molecule has 2 aromatic rings. The number of hydrogen-bond acceptors (Lipinski definition) is 6. The van der Waals surface area contributed by atoms with Crippen LogP contribution >= 0.6 is 0 Å². The molecule has 0 radical (unpaired) electrons. The fourth-order valence-corrected chi connectivity index (χ4v) is 2.76. The van der Waals surface area contributed by atoms with Crippen molar-refractivity contribution in [3.05, 3.63) is 12.7 Å². The van der Waals surface area contributed by atoms with E-state index in [0.717, 1.165) is 0 Å². The third-order valence-electron chi connectivity index (χ3n) is 3.85. The number of halogens is 1. The highest BCUT2D eigenvalue weighted by Gasteiger charge is 2.51. The maximum absolute atomic E-state index is 14.1. The molecule has 4 atom stereocenters. The zero-order chi connectivity index (χ0) is 13.6. The van der Waals surface area contributed by atoms with Crippen LogP contribution in [0.15, 0.2) is 12.7 Å². The topological polar surface area (TPSA) is 110 Å². The molecule has 0 saturated heterocycles. The lowest BCUT2D eigenvalue weighted by atomic mass is 9.68. The van der Waals surface area contributed by atoms with E-state index < -0.39 is 18.1 Å². The molecule has 1 saturated carbocycles. The number of alkyl halides is 1. The number of nitrogen functional groups attached to an aromatic ring is 1. The van der Waals surface area contributed by atoms with Crippen LogP contribution in [0.1, 0.15) is 6.04 Å². The summed E-state index contributed by atoms with van der Waals surface area (Å²) in [7, 11) is 0. The standard InChI is InChI=1S/C11H14FN5O2/c12-7-5(1-18)6(2-19)9(7)17-4-16-8-10(13)14-3-15-11(8)17/h3-7,9,18-19H,1-2H2,(H2,13,14,15)/t5-,6+,7+,9+/m1/s1. The lowest BCUT2D eigenvalue weighted by Gasteiger charge is -2.46. The summed E-state index contributed by atoms with van der Waals surface area (Å²) < 4.78 is 15.6. The van der Waals surface area contributed by atoms with Gasteiger partial charge in [0.15, 0.2) is 11.5 Å². The van der Waals surface area contributed by atoms with Crippen LogP contribution in [-0.4, -0.2) is 49.1 Å². The number of anilines is 1. The molecule has 3 rings (SSSR count). The first kappa shape index (κ1) is 12.2. The molecule has 1 aliphatic rings. The van der Waals surface area contributed by atoms with E-state index in [2.05, 4.69) is 15.0 Å². The molecule has 8 heteroatoms. The van der Waals surface area contributed by atoms with Gasteiger partial charge < -0.3 is 20.5 Å². The van der Waals surface area contributed by atoms with Gasteiger partial charge in [0.25, 0.3) is 0 Å². The number of nitrogens with two attached hydrogens (primary N) is 1. The highest BCUT2D eigenvalue weighted by atomic mass is 19.1. The number of aliphatic hydroxyl groups is 2. The number of nitrogens with zero attached hydrogens (tertiary/aromatic N) is 4. The van der Waals surface area contributed by atoms with Crippen LogP contribution in [0, 0.1) is 11.8 Å². The number of hydrogen-bond donors (Lipinski definition) is 3. The number of aliphatic hydroxyl groups excluding tert-OH is 2. The molecule has 2 aromatic heterocycles. The van der Waals surface area contributed by atoms with E-state index in [9.17, 15) is 9.50 Å². The predicted octanol–water partition coefficient (Wildman–Crippen LogP) is -0.482. The van der Waals surface area contributed by atoms with Crippen LogP contribution in [0.2, 0.25) is 0 Å². The van der Waals surface area contributed by atoms with Crippen molar-refractivity contribution in [3.63, 3.8) is 0 Å². The van der Waals surface area contributed by atoms with Crippen molar-refractivity contribution >= 4 is 17.0 Å². The van der Waals surface area contributed by atoms with Gasteiger partial charge in [-0.05, 0) is 0 Å². The summed E-state index contributed by atoms with van der Waals surface area (Å²) >= 11 is 0. The molecule has 0 unspecified atom stereocenters. The predicted molar refractivity (Wildman–Crippen MR) is 64.8 cm³/mol. The fraction of sp³-hybridized carbons (Fsp3) is 0.545. The Morgan fingerprint density at radius 2 is 1.95 bits per heavy atom. The van der Waals surface area contributed by atoms with Gasteiger partial charge in [-0.15, -0.1) is 0 Å². The van der Waals surface area contributed by atoms with Gasteiger partial charge in [0, 0.05) is 25.0 Å². The van der Waals surface area contributed by atoms with E-state index in [4.69, 9.17) is 10.8 Å². The van der Waals surface area contributed by atoms with E-state index in [1.807, 2.05) is 0 Å². The van der Waals surface area contributed by atoms with E-state index in [0.29, 0.717) is 11.2 Å². The van der Waals surface area contributed by atoms with Gasteiger partial charge in [-0.3, -0.25) is 0 Å². The summed E-state index contributed by atoms with van der Waals surface area (Å²) in [5, 5.41) is 18.4. The normalized spacial score (nSPS) is 30.5. The first-order valence-electron chi connectivity index (χ1n) is 5.97. The van der Waals surface area contributed by atoms with Crippen molar-refractivity contribution in [2.45, 2.75) is 12.2 Å². The van der Waals surface area contributed by atoms with Gasteiger partial charge in [0.05, 0.1) is 12.4 Å². The summed E-state index contributed by atoms with van der Waals surface area (Å²) in [5.74, 6) is -0.669. The van der Waals surface area contributed by atoms with Gasteiger partial charge in [-0.1, -0.05) is 0 Å². The van der Waals surface area contributed by atoms with Crippen LogP contribution < -0.4 is 5.73 Å².